The Morgan fingerprint density at radius 3 is 2.64 bits per heavy atom. The molecule has 25 heavy (non-hydrogen) atoms. The summed E-state index contributed by atoms with van der Waals surface area (Å²) >= 11 is 0. The van der Waals surface area contributed by atoms with Gasteiger partial charge in [0.25, 0.3) is 0 Å². The molecule has 2 heterocycles. The van der Waals surface area contributed by atoms with E-state index in [0.29, 0.717) is 29.8 Å². The standard InChI is InChI=1S/C17H15F4N3O/c18-12-3-1-2-11(8-12)16-13-4-6-24(15(25)9-17(19,20)21)7-5-14(13)22-10-23-16/h1-3,8,10H,4-7,9H2. The molecule has 1 aromatic heterocycles. The normalized spacial score (nSPS) is 14.8. The minimum atomic E-state index is -4.53. The molecule has 3 rings (SSSR count). The zero-order chi connectivity index (χ0) is 18.0. The number of carbonyl (C=O) groups excluding carboxylic acids is 1. The summed E-state index contributed by atoms with van der Waals surface area (Å²) in [4.78, 5) is 21.4. The van der Waals surface area contributed by atoms with Gasteiger partial charge in [0.1, 0.15) is 18.6 Å². The second-order valence-corrected chi connectivity index (χ2v) is 5.83. The molecule has 0 saturated heterocycles. The summed E-state index contributed by atoms with van der Waals surface area (Å²) in [6.45, 7) is 0.319. The van der Waals surface area contributed by atoms with E-state index < -0.39 is 24.3 Å². The molecule has 2 aromatic rings. The number of benzene rings is 1. The predicted octanol–water partition coefficient (Wildman–Crippen LogP) is 3.16. The maximum Gasteiger partial charge on any atom is 0.397 e. The van der Waals surface area contributed by atoms with Crippen molar-refractivity contribution in [2.45, 2.75) is 25.4 Å². The molecule has 0 spiro atoms. The fourth-order valence-corrected chi connectivity index (χ4v) is 2.94. The quantitative estimate of drug-likeness (QED) is 0.779. The van der Waals surface area contributed by atoms with Crippen LogP contribution in [0.2, 0.25) is 0 Å². The molecule has 1 aliphatic heterocycles. The maximum atomic E-state index is 13.5. The van der Waals surface area contributed by atoms with Crippen molar-refractivity contribution < 1.29 is 22.4 Å². The van der Waals surface area contributed by atoms with Crippen LogP contribution in [0.15, 0.2) is 30.6 Å². The molecule has 0 fully saturated rings. The van der Waals surface area contributed by atoms with Gasteiger partial charge in [0.2, 0.25) is 5.91 Å². The number of aromatic nitrogens is 2. The molecule has 8 heteroatoms. The van der Waals surface area contributed by atoms with E-state index in [1.807, 2.05) is 0 Å². The van der Waals surface area contributed by atoms with Gasteiger partial charge in [-0.05, 0) is 18.6 Å². The smallest absolute Gasteiger partial charge is 0.342 e. The van der Waals surface area contributed by atoms with E-state index >= 15 is 0 Å². The topological polar surface area (TPSA) is 46.1 Å². The van der Waals surface area contributed by atoms with E-state index in [-0.39, 0.29) is 13.1 Å². The second-order valence-electron chi connectivity index (χ2n) is 5.83. The van der Waals surface area contributed by atoms with Crippen LogP contribution in [-0.4, -0.2) is 40.0 Å². The number of alkyl halides is 3. The molecule has 1 aromatic carbocycles. The van der Waals surface area contributed by atoms with Gasteiger partial charge in [-0.3, -0.25) is 4.79 Å². The number of halogens is 4. The van der Waals surface area contributed by atoms with Gasteiger partial charge >= 0.3 is 6.18 Å². The molecule has 0 unspecified atom stereocenters. The van der Waals surface area contributed by atoms with Crippen LogP contribution in [0, 0.1) is 5.82 Å². The zero-order valence-electron chi connectivity index (χ0n) is 13.2. The van der Waals surface area contributed by atoms with E-state index in [4.69, 9.17) is 0 Å². The molecular weight excluding hydrogens is 338 g/mol. The van der Waals surface area contributed by atoms with Crippen molar-refractivity contribution in [2.24, 2.45) is 0 Å². The summed E-state index contributed by atoms with van der Waals surface area (Å²) in [5.41, 5.74) is 2.55. The van der Waals surface area contributed by atoms with E-state index in [2.05, 4.69) is 9.97 Å². The molecule has 0 bridgehead atoms. The molecule has 0 atom stereocenters. The number of carbonyl (C=O) groups is 1. The molecule has 0 saturated carbocycles. The third kappa shape index (κ3) is 4.12. The number of fused-ring (bicyclic) bond motifs is 1. The average molecular weight is 353 g/mol. The Kier molecular flexibility index (Phi) is 4.69. The van der Waals surface area contributed by atoms with Crippen LogP contribution < -0.4 is 0 Å². The van der Waals surface area contributed by atoms with Crippen molar-refractivity contribution in [3.05, 3.63) is 47.7 Å². The van der Waals surface area contributed by atoms with Gasteiger partial charge < -0.3 is 4.90 Å². The highest BCUT2D eigenvalue weighted by atomic mass is 19.4. The first-order chi connectivity index (χ1) is 11.8. The van der Waals surface area contributed by atoms with E-state index in [1.165, 1.54) is 23.4 Å². The third-order valence-electron chi connectivity index (χ3n) is 4.09. The van der Waals surface area contributed by atoms with Crippen LogP contribution in [0.5, 0.6) is 0 Å². The Morgan fingerprint density at radius 1 is 1.16 bits per heavy atom. The van der Waals surface area contributed by atoms with E-state index in [9.17, 15) is 22.4 Å². The highest BCUT2D eigenvalue weighted by Gasteiger charge is 2.34. The summed E-state index contributed by atoms with van der Waals surface area (Å²) in [5, 5.41) is 0. The van der Waals surface area contributed by atoms with Gasteiger partial charge in [0.15, 0.2) is 0 Å². The van der Waals surface area contributed by atoms with Gasteiger partial charge in [-0.25, -0.2) is 14.4 Å². The lowest BCUT2D eigenvalue weighted by atomic mass is 10.0. The van der Waals surface area contributed by atoms with Gasteiger partial charge in [0, 0.05) is 36.3 Å². The van der Waals surface area contributed by atoms with E-state index in [0.717, 1.165) is 5.56 Å². The monoisotopic (exact) mass is 353 g/mol. The van der Waals surface area contributed by atoms with Crippen LogP contribution in [0.4, 0.5) is 17.6 Å². The molecule has 0 aliphatic carbocycles. The fraction of sp³-hybridized carbons (Fsp3) is 0.353. The summed E-state index contributed by atoms with van der Waals surface area (Å²) in [6, 6.07) is 5.94. The molecule has 4 nitrogen and oxygen atoms in total. The minimum Gasteiger partial charge on any atom is -0.342 e. The van der Waals surface area contributed by atoms with Crippen LogP contribution in [-0.2, 0) is 17.6 Å². The molecule has 1 amide bonds. The first kappa shape index (κ1) is 17.3. The van der Waals surface area contributed by atoms with Crippen molar-refractivity contribution in [3.63, 3.8) is 0 Å². The molecular formula is C17H15F4N3O. The average Bonchev–Trinajstić information content (AvgIpc) is 2.75. The van der Waals surface area contributed by atoms with Crippen LogP contribution in [0.25, 0.3) is 11.3 Å². The SMILES string of the molecule is O=C(CC(F)(F)F)N1CCc2ncnc(-c3cccc(F)c3)c2CC1. The second kappa shape index (κ2) is 6.78. The number of hydrogen-bond donors (Lipinski definition) is 0. The van der Waals surface area contributed by atoms with Gasteiger partial charge in [-0.2, -0.15) is 13.2 Å². The van der Waals surface area contributed by atoms with Gasteiger partial charge in [-0.1, -0.05) is 12.1 Å². The first-order valence-corrected chi connectivity index (χ1v) is 7.77. The summed E-state index contributed by atoms with van der Waals surface area (Å²) in [7, 11) is 0. The molecule has 0 N–H and O–H groups in total. The van der Waals surface area contributed by atoms with E-state index in [1.54, 1.807) is 12.1 Å². The Labute approximate surface area is 141 Å². The largest absolute Gasteiger partial charge is 0.397 e. The number of nitrogens with zero attached hydrogens (tertiary/aromatic N) is 3. The van der Waals surface area contributed by atoms with Crippen LogP contribution >= 0.6 is 0 Å². The van der Waals surface area contributed by atoms with Gasteiger partial charge in [0.05, 0.1) is 5.69 Å². The third-order valence-corrected chi connectivity index (χ3v) is 4.09. The molecule has 132 valence electrons. The summed E-state index contributed by atoms with van der Waals surface area (Å²) in [6.07, 6.45) is -3.98. The predicted molar refractivity (Wildman–Crippen MR) is 82.1 cm³/mol. The molecule has 1 aliphatic rings. The Bertz CT molecular complexity index is 792. The number of rotatable bonds is 2. The molecule has 0 radical (unpaired) electrons. The first-order valence-electron chi connectivity index (χ1n) is 7.77. The lowest BCUT2D eigenvalue weighted by Gasteiger charge is -2.20. The fourth-order valence-electron chi connectivity index (χ4n) is 2.94. The zero-order valence-corrected chi connectivity index (χ0v) is 13.2. The minimum absolute atomic E-state index is 0.150. The number of hydrogen-bond acceptors (Lipinski definition) is 3. The highest BCUT2D eigenvalue weighted by Crippen LogP contribution is 2.27. The maximum absolute atomic E-state index is 13.5. The van der Waals surface area contributed by atoms with Crippen LogP contribution in [0.1, 0.15) is 17.7 Å². The Morgan fingerprint density at radius 2 is 1.92 bits per heavy atom. The Balaban J connectivity index is 1.85. The Hall–Kier alpha value is -2.51. The van der Waals surface area contributed by atoms with Crippen molar-refractivity contribution in [2.75, 3.05) is 13.1 Å². The highest BCUT2D eigenvalue weighted by molar-refractivity contribution is 5.77. The lowest BCUT2D eigenvalue weighted by molar-refractivity contribution is -0.161. The summed E-state index contributed by atoms with van der Waals surface area (Å²) in [5.74, 6) is -1.35. The lowest BCUT2D eigenvalue weighted by Crippen LogP contribution is -2.36. The summed E-state index contributed by atoms with van der Waals surface area (Å²) < 4.78 is 50.8. The van der Waals surface area contributed by atoms with Crippen molar-refractivity contribution in [1.82, 2.24) is 14.9 Å². The number of amides is 1. The van der Waals surface area contributed by atoms with Crippen molar-refractivity contribution in [1.29, 1.82) is 0 Å². The van der Waals surface area contributed by atoms with Crippen LogP contribution in [0.3, 0.4) is 0 Å². The van der Waals surface area contributed by atoms with Crippen molar-refractivity contribution in [3.8, 4) is 11.3 Å². The van der Waals surface area contributed by atoms with Gasteiger partial charge in [-0.15, -0.1) is 0 Å². The van der Waals surface area contributed by atoms with Crippen molar-refractivity contribution >= 4 is 5.91 Å².